The van der Waals surface area contributed by atoms with E-state index in [2.05, 4.69) is 5.32 Å². The minimum Gasteiger partial charge on any atom is -0.349 e. The first-order chi connectivity index (χ1) is 7.89. The molecule has 0 saturated heterocycles. The number of carbonyl (C=O) groups excluding carboxylic acids is 1. The highest BCUT2D eigenvalue weighted by Crippen LogP contribution is 2.33. The zero-order valence-corrected chi connectivity index (χ0v) is 8.64. The van der Waals surface area contributed by atoms with Crippen molar-refractivity contribution < 1.29 is 22.4 Å². The Labute approximate surface area is 94.6 Å². The number of hydrogen-bond donors (Lipinski definition) is 1. The first kappa shape index (κ1) is 11.9. The van der Waals surface area contributed by atoms with Gasteiger partial charge in [0, 0.05) is 6.04 Å². The molecule has 2 nitrogen and oxygen atoms in total. The molecule has 1 N–H and O–H groups in total. The second-order valence-corrected chi connectivity index (χ2v) is 3.91. The molecule has 0 aromatic heterocycles. The lowest BCUT2D eigenvalue weighted by molar-refractivity contribution is -0.138. The van der Waals surface area contributed by atoms with Crippen LogP contribution in [0, 0.1) is 5.82 Å². The number of rotatable bonds is 2. The lowest BCUT2D eigenvalue weighted by Crippen LogP contribution is -2.29. The van der Waals surface area contributed by atoms with Gasteiger partial charge in [-0.1, -0.05) is 6.07 Å². The fraction of sp³-hybridized carbons (Fsp3) is 0.364. The molecule has 1 aromatic rings. The Morgan fingerprint density at radius 1 is 1.29 bits per heavy atom. The minimum absolute atomic E-state index is 0.122. The molecule has 1 aromatic carbocycles. The maximum absolute atomic E-state index is 13.3. The van der Waals surface area contributed by atoms with E-state index in [-0.39, 0.29) is 6.04 Å². The Hall–Kier alpha value is -1.59. The van der Waals surface area contributed by atoms with Crippen LogP contribution in [0.15, 0.2) is 18.2 Å². The van der Waals surface area contributed by atoms with Gasteiger partial charge in [0.25, 0.3) is 5.91 Å². The van der Waals surface area contributed by atoms with Crippen LogP contribution in [-0.4, -0.2) is 11.9 Å². The van der Waals surface area contributed by atoms with E-state index in [1.54, 1.807) is 0 Å². The molecule has 1 saturated carbocycles. The van der Waals surface area contributed by atoms with E-state index >= 15 is 0 Å². The van der Waals surface area contributed by atoms with Crippen LogP contribution in [-0.2, 0) is 6.18 Å². The van der Waals surface area contributed by atoms with Crippen LogP contribution in [0.4, 0.5) is 17.6 Å². The molecular weight excluding hydrogens is 238 g/mol. The Bertz CT molecular complexity index is 451. The fourth-order valence-electron chi connectivity index (χ4n) is 1.48. The Kier molecular flexibility index (Phi) is 2.81. The van der Waals surface area contributed by atoms with Crippen molar-refractivity contribution in [2.24, 2.45) is 0 Å². The fourth-order valence-corrected chi connectivity index (χ4v) is 1.48. The van der Waals surface area contributed by atoms with Crippen molar-refractivity contribution in [2.45, 2.75) is 25.1 Å². The van der Waals surface area contributed by atoms with Crippen LogP contribution in [0.25, 0.3) is 0 Å². The molecular formula is C11H9F4NO. The number of benzene rings is 1. The van der Waals surface area contributed by atoms with Gasteiger partial charge in [-0.15, -0.1) is 0 Å². The van der Waals surface area contributed by atoms with E-state index in [1.807, 2.05) is 0 Å². The van der Waals surface area contributed by atoms with Gasteiger partial charge in [-0.2, -0.15) is 13.2 Å². The maximum atomic E-state index is 13.3. The van der Waals surface area contributed by atoms with Gasteiger partial charge in [-0.3, -0.25) is 4.79 Å². The van der Waals surface area contributed by atoms with E-state index in [9.17, 15) is 22.4 Å². The number of carbonyl (C=O) groups is 1. The second kappa shape index (κ2) is 4.01. The molecule has 17 heavy (non-hydrogen) atoms. The van der Waals surface area contributed by atoms with Crippen molar-refractivity contribution in [3.63, 3.8) is 0 Å². The smallest absolute Gasteiger partial charge is 0.349 e. The predicted octanol–water partition coefficient (Wildman–Crippen LogP) is 2.74. The lowest BCUT2D eigenvalue weighted by Gasteiger charge is -2.13. The summed E-state index contributed by atoms with van der Waals surface area (Å²) < 4.78 is 51.1. The molecule has 1 aliphatic rings. The Morgan fingerprint density at radius 2 is 1.94 bits per heavy atom. The number of halogens is 4. The number of alkyl halides is 3. The van der Waals surface area contributed by atoms with Gasteiger partial charge in [0.05, 0.1) is 11.1 Å². The van der Waals surface area contributed by atoms with E-state index < -0.39 is 29.0 Å². The molecule has 0 radical (unpaired) electrons. The van der Waals surface area contributed by atoms with E-state index in [0.29, 0.717) is 6.07 Å². The predicted molar refractivity (Wildman–Crippen MR) is 51.9 cm³/mol. The summed E-state index contributed by atoms with van der Waals surface area (Å²) >= 11 is 0. The summed E-state index contributed by atoms with van der Waals surface area (Å²) in [4.78, 5) is 11.5. The average molecular weight is 247 g/mol. The highest BCUT2D eigenvalue weighted by molar-refractivity contribution is 5.96. The highest BCUT2D eigenvalue weighted by Gasteiger charge is 2.37. The number of hydrogen-bond acceptors (Lipinski definition) is 1. The molecule has 0 aliphatic heterocycles. The lowest BCUT2D eigenvalue weighted by atomic mass is 10.1. The highest BCUT2D eigenvalue weighted by atomic mass is 19.4. The largest absolute Gasteiger partial charge is 0.417 e. The van der Waals surface area contributed by atoms with E-state index in [1.165, 1.54) is 0 Å². The summed E-state index contributed by atoms with van der Waals surface area (Å²) in [6.45, 7) is 0. The first-order valence-electron chi connectivity index (χ1n) is 5.06. The first-order valence-corrected chi connectivity index (χ1v) is 5.06. The van der Waals surface area contributed by atoms with Crippen LogP contribution >= 0.6 is 0 Å². The Morgan fingerprint density at radius 3 is 2.47 bits per heavy atom. The molecule has 0 spiro atoms. The van der Waals surface area contributed by atoms with E-state index in [4.69, 9.17) is 0 Å². The summed E-state index contributed by atoms with van der Waals surface area (Å²) in [6.07, 6.45) is -3.29. The van der Waals surface area contributed by atoms with Crippen molar-refractivity contribution in [2.75, 3.05) is 0 Å². The van der Waals surface area contributed by atoms with Gasteiger partial charge in [-0.05, 0) is 25.0 Å². The zero-order valence-electron chi connectivity index (χ0n) is 8.64. The average Bonchev–Trinajstić information content (AvgIpc) is 2.99. The van der Waals surface area contributed by atoms with E-state index in [0.717, 1.165) is 25.0 Å². The van der Waals surface area contributed by atoms with Crippen molar-refractivity contribution in [3.05, 3.63) is 35.1 Å². The monoisotopic (exact) mass is 247 g/mol. The third-order valence-electron chi connectivity index (χ3n) is 2.46. The molecule has 0 unspecified atom stereocenters. The Balaban J connectivity index is 2.39. The molecule has 92 valence electrons. The van der Waals surface area contributed by atoms with Crippen LogP contribution in [0.3, 0.4) is 0 Å². The maximum Gasteiger partial charge on any atom is 0.417 e. The van der Waals surface area contributed by atoms with Crippen LogP contribution < -0.4 is 5.32 Å². The summed E-state index contributed by atoms with van der Waals surface area (Å²) in [5.41, 5.74) is -2.16. The number of nitrogens with one attached hydrogen (secondary N) is 1. The van der Waals surface area contributed by atoms with Gasteiger partial charge in [0.2, 0.25) is 0 Å². The van der Waals surface area contributed by atoms with Crippen LogP contribution in [0.1, 0.15) is 28.8 Å². The minimum atomic E-state index is -4.74. The van der Waals surface area contributed by atoms with Gasteiger partial charge >= 0.3 is 6.18 Å². The molecule has 0 heterocycles. The molecule has 0 atom stereocenters. The summed E-state index contributed by atoms with van der Waals surface area (Å²) in [5.74, 6) is -2.16. The quantitative estimate of drug-likeness (QED) is 0.800. The van der Waals surface area contributed by atoms with Gasteiger partial charge in [-0.25, -0.2) is 4.39 Å². The van der Waals surface area contributed by atoms with Gasteiger partial charge < -0.3 is 5.32 Å². The molecule has 6 heteroatoms. The molecule has 1 amide bonds. The third kappa shape index (κ3) is 2.57. The number of amides is 1. The van der Waals surface area contributed by atoms with Crippen molar-refractivity contribution >= 4 is 5.91 Å². The summed E-state index contributed by atoms with van der Waals surface area (Å²) in [7, 11) is 0. The molecule has 1 aliphatic carbocycles. The summed E-state index contributed by atoms with van der Waals surface area (Å²) in [5, 5.41) is 2.34. The SMILES string of the molecule is O=C(NC1CC1)c1c(F)cccc1C(F)(F)F. The second-order valence-electron chi connectivity index (χ2n) is 3.91. The normalized spacial score (nSPS) is 15.8. The molecule has 2 rings (SSSR count). The van der Waals surface area contributed by atoms with Crippen molar-refractivity contribution in [3.8, 4) is 0 Å². The van der Waals surface area contributed by atoms with Crippen molar-refractivity contribution in [1.82, 2.24) is 5.32 Å². The summed E-state index contributed by atoms with van der Waals surface area (Å²) in [6, 6.07) is 2.36. The van der Waals surface area contributed by atoms with Gasteiger partial charge in [0.15, 0.2) is 0 Å². The topological polar surface area (TPSA) is 29.1 Å². The van der Waals surface area contributed by atoms with Gasteiger partial charge in [0.1, 0.15) is 5.82 Å². The third-order valence-corrected chi connectivity index (χ3v) is 2.46. The molecule has 1 fully saturated rings. The van der Waals surface area contributed by atoms with Crippen LogP contribution in [0.2, 0.25) is 0 Å². The zero-order chi connectivity index (χ0) is 12.6. The van der Waals surface area contributed by atoms with Crippen molar-refractivity contribution in [1.29, 1.82) is 0 Å². The van der Waals surface area contributed by atoms with Crippen LogP contribution in [0.5, 0.6) is 0 Å². The molecule has 0 bridgehead atoms. The standard InChI is InChI=1S/C11H9F4NO/c12-8-3-1-2-7(11(13,14)15)9(8)10(17)16-6-4-5-6/h1-3,6H,4-5H2,(H,16,17).